The zero-order chi connectivity index (χ0) is 10.8. The van der Waals surface area contributed by atoms with Crippen LogP contribution in [-0.4, -0.2) is 5.78 Å². The van der Waals surface area contributed by atoms with Gasteiger partial charge in [0.1, 0.15) is 5.78 Å². The predicted octanol–water partition coefficient (Wildman–Crippen LogP) is 3.74. The topological polar surface area (TPSA) is 17.1 Å². The van der Waals surface area contributed by atoms with Crippen molar-refractivity contribution in [1.82, 2.24) is 0 Å². The molecule has 0 aromatic heterocycles. The molecule has 0 saturated carbocycles. The summed E-state index contributed by atoms with van der Waals surface area (Å²) in [6, 6.07) is 0. The number of ketones is 1. The molecule has 0 N–H and O–H groups in total. The van der Waals surface area contributed by atoms with Gasteiger partial charge in [-0.3, -0.25) is 4.79 Å². The molecule has 0 spiro atoms. The van der Waals surface area contributed by atoms with Crippen molar-refractivity contribution < 1.29 is 4.79 Å². The molecule has 1 aliphatic rings. The molecule has 0 saturated heterocycles. The van der Waals surface area contributed by atoms with E-state index < -0.39 is 0 Å². The lowest BCUT2D eigenvalue weighted by Crippen LogP contribution is -2.23. The van der Waals surface area contributed by atoms with Gasteiger partial charge in [0, 0.05) is 12.8 Å². The molecule has 1 atom stereocenters. The van der Waals surface area contributed by atoms with Gasteiger partial charge in [-0.25, -0.2) is 0 Å². The van der Waals surface area contributed by atoms with Gasteiger partial charge in [-0.15, -0.1) is 0 Å². The van der Waals surface area contributed by atoms with Gasteiger partial charge in [0.05, 0.1) is 0 Å². The Hall–Kier alpha value is -0.590. The minimum atomic E-state index is 0.239. The molecule has 0 aromatic carbocycles. The molecule has 80 valence electrons. The van der Waals surface area contributed by atoms with Crippen molar-refractivity contribution in [1.29, 1.82) is 0 Å². The van der Waals surface area contributed by atoms with E-state index in [2.05, 4.69) is 33.8 Å². The number of allylic oxidation sites excluding steroid dienone is 2. The lowest BCUT2D eigenvalue weighted by atomic mass is 9.75. The summed E-state index contributed by atoms with van der Waals surface area (Å²) in [6.07, 6.45) is 5.90. The highest BCUT2D eigenvalue weighted by Gasteiger charge is 2.35. The van der Waals surface area contributed by atoms with Gasteiger partial charge in [0.25, 0.3) is 0 Å². The fourth-order valence-corrected chi connectivity index (χ4v) is 2.19. The van der Waals surface area contributed by atoms with E-state index >= 15 is 0 Å². The predicted molar refractivity (Wildman–Crippen MR) is 60.2 cm³/mol. The first-order chi connectivity index (χ1) is 6.48. The first kappa shape index (κ1) is 11.5. The number of hydrogen-bond donors (Lipinski definition) is 0. The maximum Gasteiger partial charge on any atom is 0.133 e. The quantitative estimate of drug-likeness (QED) is 0.623. The summed E-state index contributed by atoms with van der Waals surface area (Å²) in [6.45, 7) is 8.77. The highest BCUT2D eigenvalue weighted by molar-refractivity contribution is 5.78. The first-order valence-electron chi connectivity index (χ1n) is 5.67. The third-order valence-corrected chi connectivity index (χ3v) is 3.75. The Morgan fingerprint density at radius 1 is 1.57 bits per heavy atom. The van der Waals surface area contributed by atoms with Gasteiger partial charge in [-0.2, -0.15) is 0 Å². The van der Waals surface area contributed by atoms with E-state index in [-0.39, 0.29) is 5.41 Å². The highest BCUT2D eigenvalue weighted by atomic mass is 16.1. The Kier molecular flexibility index (Phi) is 3.52. The van der Waals surface area contributed by atoms with Crippen LogP contribution >= 0.6 is 0 Å². The van der Waals surface area contributed by atoms with Crippen molar-refractivity contribution in [3.05, 3.63) is 11.6 Å². The monoisotopic (exact) mass is 194 g/mol. The summed E-state index contributed by atoms with van der Waals surface area (Å²) in [5.74, 6) is 0.982. The van der Waals surface area contributed by atoms with E-state index in [0.717, 1.165) is 25.7 Å². The van der Waals surface area contributed by atoms with Gasteiger partial charge in [-0.05, 0) is 31.1 Å². The van der Waals surface area contributed by atoms with E-state index in [9.17, 15) is 4.79 Å². The van der Waals surface area contributed by atoms with Crippen molar-refractivity contribution in [2.24, 2.45) is 11.3 Å². The minimum absolute atomic E-state index is 0.239. The number of carbonyl (C=O) groups is 1. The van der Waals surface area contributed by atoms with E-state index in [4.69, 9.17) is 0 Å². The number of hydrogen-bond acceptors (Lipinski definition) is 1. The Bertz CT molecular complexity index is 248. The molecule has 0 radical (unpaired) electrons. The van der Waals surface area contributed by atoms with Crippen LogP contribution in [-0.2, 0) is 4.79 Å². The standard InChI is InChI=1S/C13H22O/c1-5-6-12(14)9-11-8-7-10(2)13(11,3)4/h7,11H,5-6,8-9H2,1-4H3. The molecule has 14 heavy (non-hydrogen) atoms. The van der Waals surface area contributed by atoms with Crippen LogP contribution in [0.15, 0.2) is 11.6 Å². The third kappa shape index (κ3) is 2.26. The average Bonchev–Trinajstić information content (AvgIpc) is 2.32. The van der Waals surface area contributed by atoms with Crippen molar-refractivity contribution >= 4 is 5.78 Å². The van der Waals surface area contributed by atoms with Gasteiger partial charge in [-0.1, -0.05) is 32.4 Å². The average molecular weight is 194 g/mol. The number of Topliss-reactive ketones (excluding diaryl/α,β-unsaturated/α-hetero) is 1. The molecule has 0 aliphatic heterocycles. The molecule has 0 aromatic rings. The Morgan fingerprint density at radius 3 is 2.64 bits per heavy atom. The normalized spacial score (nSPS) is 24.9. The number of rotatable bonds is 4. The summed E-state index contributed by atoms with van der Waals surface area (Å²) in [5.41, 5.74) is 1.69. The summed E-state index contributed by atoms with van der Waals surface area (Å²) >= 11 is 0. The van der Waals surface area contributed by atoms with E-state index in [0.29, 0.717) is 11.7 Å². The van der Waals surface area contributed by atoms with Crippen LogP contribution in [0.1, 0.15) is 53.4 Å². The SMILES string of the molecule is CCCC(=O)CC1CC=C(C)C1(C)C. The van der Waals surface area contributed by atoms with Crippen LogP contribution in [0.25, 0.3) is 0 Å². The van der Waals surface area contributed by atoms with E-state index in [1.165, 1.54) is 5.57 Å². The van der Waals surface area contributed by atoms with Crippen molar-refractivity contribution in [2.75, 3.05) is 0 Å². The molecular formula is C13H22O. The molecular weight excluding hydrogens is 172 g/mol. The summed E-state index contributed by atoms with van der Waals surface area (Å²) in [4.78, 5) is 11.6. The fourth-order valence-electron chi connectivity index (χ4n) is 2.19. The summed E-state index contributed by atoms with van der Waals surface area (Å²) in [7, 11) is 0. The maximum atomic E-state index is 11.6. The smallest absolute Gasteiger partial charge is 0.133 e. The molecule has 0 bridgehead atoms. The fraction of sp³-hybridized carbons (Fsp3) is 0.769. The van der Waals surface area contributed by atoms with Crippen molar-refractivity contribution in [3.8, 4) is 0 Å². The highest BCUT2D eigenvalue weighted by Crippen LogP contribution is 2.44. The van der Waals surface area contributed by atoms with Crippen LogP contribution in [0.3, 0.4) is 0 Å². The minimum Gasteiger partial charge on any atom is -0.300 e. The van der Waals surface area contributed by atoms with Crippen LogP contribution in [0.4, 0.5) is 0 Å². The summed E-state index contributed by atoms with van der Waals surface area (Å²) in [5, 5.41) is 0. The molecule has 0 fully saturated rings. The second-order valence-electron chi connectivity index (χ2n) is 5.03. The van der Waals surface area contributed by atoms with Crippen molar-refractivity contribution in [3.63, 3.8) is 0 Å². The van der Waals surface area contributed by atoms with Gasteiger partial charge >= 0.3 is 0 Å². The van der Waals surface area contributed by atoms with Crippen LogP contribution < -0.4 is 0 Å². The molecule has 1 heteroatoms. The molecule has 0 heterocycles. The maximum absolute atomic E-state index is 11.6. The molecule has 1 rings (SSSR count). The number of carbonyl (C=O) groups excluding carboxylic acids is 1. The Balaban J connectivity index is 2.53. The lowest BCUT2D eigenvalue weighted by Gasteiger charge is -2.29. The summed E-state index contributed by atoms with van der Waals surface area (Å²) < 4.78 is 0. The molecule has 0 amide bonds. The van der Waals surface area contributed by atoms with E-state index in [1.54, 1.807) is 0 Å². The van der Waals surface area contributed by atoms with E-state index in [1.807, 2.05) is 0 Å². The van der Waals surface area contributed by atoms with Crippen LogP contribution in [0.2, 0.25) is 0 Å². The van der Waals surface area contributed by atoms with Gasteiger partial charge < -0.3 is 0 Å². The van der Waals surface area contributed by atoms with Crippen LogP contribution in [0, 0.1) is 11.3 Å². The molecule has 1 aliphatic carbocycles. The second kappa shape index (κ2) is 4.29. The Labute approximate surface area is 87.6 Å². The Morgan fingerprint density at radius 2 is 2.21 bits per heavy atom. The largest absolute Gasteiger partial charge is 0.300 e. The molecule has 1 nitrogen and oxygen atoms in total. The zero-order valence-corrected chi connectivity index (χ0v) is 9.89. The lowest BCUT2D eigenvalue weighted by molar-refractivity contribution is -0.120. The van der Waals surface area contributed by atoms with Gasteiger partial charge in [0.2, 0.25) is 0 Å². The first-order valence-corrected chi connectivity index (χ1v) is 5.67. The van der Waals surface area contributed by atoms with Crippen molar-refractivity contribution in [2.45, 2.75) is 53.4 Å². The third-order valence-electron chi connectivity index (χ3n) is 3.75. The molecule has 1 unspecified atom stereocenters. The second-order valence-corrected chi connectivity index (χ2v) is 5.03. The van der Waals surface area contributed by atoms with Gasteiger partial charge in [0.15, 0.2) is 0 Å². The zero-order valence-electron chi connectivity index (χ0n) is 9.89. The van der Waals surface area contributed by atoms with Crippen LogP contribution in [0.5, 0.6) is 0 Å².